The van der Waals surface area contributed by atoms with E-state index >= 15 is 0 Å². The lowest BCUT2D eigenvalue weighted by Crippen LogP contribution is -2.42. The number of carbonyl (C=O) groups excluding carboxylic acids is 1. The summed E-state index contributed by atoms with van der Waals surface area (Å²) in [6.45, 7) is 0.880. The van der Waals surface area contributed by atoms with Crippen LogP contribution >= 0.6 is 0 Å². The van der Waals surface area contributed by atoms with Crippen LogP contribution < -0.4 is 0 Å². The van der Waals surface area contributed by atoms with Gasteiger partial charge in [0.2, 0.25) is 0 Å². The highest BCUT2D eigenvalue weighted by Gasteiger charge is 2.27. The molecule has 0 aliphatic carbocycles. The maximum absolute atomic E-state index is 11.1. The van der Waals surface area contributed by atoms with Crippen LogP contribution in [0, 0.1) is 0 Å². The van der Waals surface area contributed by atoms with Crippen molar-refractivity contribution >= 4 is 5.97 Å². The van der Waals surface area contributed by atoms with Crippen molar-refractivity contribution in [1.82, 2.24) is 4.90 Å². The zero-order valence-corrected chi connectivity index (χ0v) is 7.02. The van der Waals surface area contributed by atoms with Gasteiger partial charge < -0.3 is 0 Å². The molecule has 1 fully saturated rings. The smallest absolute Gasteiger partial charge is 0.294 e. The Morgan fingerprint density at radius 1 is 1.58 bits per heavy atom. The van der Waals surface area contributed by atoms with Crippen LogP contribution in [0.1, 0.15) is 19.3 Å². The predicted molar refractivity (Wildman–Crippen MR) is 40.1 cm³/mol. The fraction of sp³-hybridized carbons (Fsp3) is 0.857. The van der Waals surface area contributed by atoms with E-state index in [0.717, 1.165) is 25.8 Å². The minimum atomic E-state index is -0.528. The van der Waals surface area contributed by atoms with E-state index in [9.17, 15) is 4.79 Å². The molecule has 0 bridgehead atoms. The third-order valence-electron chi connectivity index (χ3n) is 2.16. The van der Waals surface area contributed by atoms with Crippen LogP contribution in [-0.2, 0) is 14.7 Å². The molecule has 1 N–H and O–H groups in total. The van der Waals surface area contributed by atoms with Gasteiger partial charge in [-0.05, 0) is 31.5 Å². The highest BCUT2D eigenvalue weighted by Crippen LogP contribution is 2.15. The maximum Gasteiger partial charge on any atom is 0.362 e. The standard InChI is InChI=1S/C7H13NO4/c1-8-5-3-2-4-6(8)7(9)11-12-10/h6,10H,2-5H2,1H3. The van der Waals surface area contributed by atoms with Crippen LogP contribution in [0.3, 0.4) is 0 Å². The largest absolute Gasteiger partial charge is 0.362 e. The van der Waals surface area contributed by atoms with Crippen LogP contribution in [-0.4, -0.2) is 35.8 Å². The van der Waals surface area contributed by atoms with Crippen molar-refractivity contribution in [3.8, 4) is 0 Å². The second-order valence-electron chi connectivity index (χ2n) is 2.97. The van der Waals surface area contributed by atoms with Crippen LogP contribution in [0.4, 0.5) is 0 Å². The number of likely N-dealkylation sites (tertiary alicyclic amines) is 1. The Hall–Kier alpha value is -0.650. The van der Waals surface area contributed by atoms with Gasteiger partial charge in [-0.25, -0.2) is 10.1 Å². The second-order valence-corrected chi connectivity index (χ2v) is 2.97. The molecule has 5 heteroatoms. The van der Waals surface area contributed by atoms with Gasteiger partial charge in [0.25, 0.3) is 0 Å². The van der Waals surface area contributed by atoms with Gasteiger partial charge in [-0.1, -0.05) is 6.42 Å². The number of piperidine rings is 1. The maximum atomic E-state index is 11.1. The molecule has 1 rings (SSSR count). The highest BCUT2D eigenvalue weighted by atomic mass is 17.5. The Morgan fingerprint density at radius 3 is 2.92 bits per heavy atom. The zero-order chi connectivity index (χ0) is 8.97. The summed E-state index contributed by atoms with van der Waals surface area (Å²) in [6.07, 6.45) is 2.87. The van der Waals surface area contributed by atoms with E-state index in [-0.39, 0.29) is 6.04 Å². The summed E-state index contributed by atoms with van der Waals surface area (Å²) in [4.78, 5) is 17.0. The van der Waals surface area contributed by atoms with E-state index in [0.29, 0.717) is 0 Å². The van der Waals surface area contributed by atoms with Crippen molar-refractivity contribution in [1.29, 1.82) is 0 Å². The Labute approximate surface area is 70.7 Å². The first-order valence-corrected chi connectivity index (χ1v) is 3.98. The number of hydrogen-bond acceptors (Lipinski definition) is 5. The number of likely N-dealkylation sites (N-methyl/N-ethyl adjacent to an activating group) is 1. The molecular formula is C7H13NO4. The van der Waals surface area contributed by atoms with Crippen molar-refractivity contribution in [3.05, 3.63) is 0 Å². The van der Waals surface area contributed by atoms with Gasteiger partial charge in [-0.15, -0.1) is 0 Å². The lowest BCUT2D eigenvalue weighted by Gasteiger charge is -2.29. The molecule has 0 amide bonds. The molecule has 1 unspecified atom stereocenters. The molecule has 1 saturated heterocycles. The number of hydrogen-bond donors (Lipinski definition) is 1. The lowest BCUT2D eigenvalue weighted by molar-refractivity contribution is -0.463. The van der Waals surface area contributed by atoms with Crippen molar-refractivity contribution in [3.63, 3.8) is 0 Å². The lowest BCUT2D eigenvalue weighted by atomic mass is 10.0. The predicted octanol–water partition coefficient (Wildman–Crippen LogP) is 0.418. The average molecular weight is 175 g/mol. The monoisotopic (exact) mass is 175 g/mol. The van der Waals surface area contributed by atoms with Gasteiger partial charge >= 0.3 is 5.97 Å². The third kappa shape index (κ3) is 2.17. The molecule has 12 heavy (non-hydrogen) atoms. The minimum absolute atomic E-state index is 0.272. The van der Waals surface area contributed by atoms with Gasteiger partial charge in [-0.3, -0.25) is 9.79 Å². The van der Waals surface area contributed by atoms with Gasteiger partial charge in [0.15, 0.2) is 0 Å². The van der Waals surface area contributed by atoms with Crippen LogP contribution in [0.5, 0.6) is 0 Å². The quantitative estimate of drug-likeness (QED) is 0.487. The highest BCUT2D eigenvalue weighted by molar-refractivity contribution is 5.75. The van der Waals surface area contributed by atoms with Crippen molar-refractivity contribution in [2.24, 2.45) is 0 Å². The number of rotatable bonds is 2. The van der Waals surface area contributed by atoms with E-state index in [2.05, 4.69) is 9.93 Å². The van der Waals surface area contributed by atoms with E-state index in [1.165, 1.54) is 0 Å². The molecule has 0 aromatic carbocycles. The molecule has 1 heterocycles. The Balaban J connectivity index is 2.42. The van der Waals surface area contributed by atoms with E-state index in [1.807, 2.05) is 11.9 Å². The Morgan fingerprint density at radius 2 is 2.33 bits per heavy atom. The fourth-order valence-electron chi connectivity index (χ4n) is 1.47. The van der Waals surface area contributed by atoms with Crippen molar-refractivity contribution in [2.45, 2.75) is 25.3 Å². The molecule has 5 nitrogen and oxygen atoms in total. The summed E-state index contributed by atoms with van der Waals surface area (Å²) in [5, 5.41) is 11.2. The SMILES string of the molecule is CN1CCCCC1C(=O)OOO. The third-order valence-corrected chi connectivity index (χ3v) is 2.16. The molecule has 1 aliphatic heterocycles. The Bertz CT molecular complexity index is 161. The van der Waals surface area contributed by atoms with Crippen LogP contribution in [0.2, 0.25) is 0 Å². The molecule has 0 spiro atoms. The summed E-state index contributed by atoms with van der Waals surface area (Å²) in [7, 11) is 1.85. The summed E-state index contributed by atoms with van der Waals surface area (Å²) >= 11 is 0. The normalized spacial score (nSPS) is 25.3. The first-order chi connectivity index (χ1) is 5.75. The molecule has 1 atom stereocenters. The number of nitrogens with zero attached hydrogens (tertiary/aromatic N) is 1. The van der Waals surface area contributed by atoms with Crippen LogP contribution in [0.25, 0.3) is 0 Å². The summed E-state index contributed by atoms with van der Waals surface area (Å²) in [6, 6.07) is -0.272. The molecule has 0 aromatic heterocycles. The molecule has 70 valence electrons. The number of carbonyl (C=O) groups is 1. The van der Waals surface area contributed by atoms with Gasteiger partial charge in [0.1, 0.15) is 6.04 Å². The molecule has 1 aliphatic rings. The van der Waals surface area contributed by atoms with E-state index < -0.39 is 5.97 Å². The van der Waals surface area contributed by atoms with Gasteiger partial charge in [-0.2, -0.15) is 0 Å². The topological polar surface area (TPSA) is 59.0 Å². The summed E-state index contributed by atoms with van der Waals surface area (Å²) in [5.74, 6) is -0.528. The first-order valence-electron chi connectivity index (χ1n) is 3.98. The fourth-order valence-corrected chi connectivity index (χ4v) is 1.47. The van der Waals surface area contributed by atoms with E-state index in [1.54, 1.807) is 0 Å². The van der Waals surface area contributed by atoms with Gasteiger partial charge in [0, 0.05) is 0 Å². The molecular weight excluding hydrogens is 162 g/mol. The van der Waals surface area contributed by atoms with Crippen LogP contribution in [0.15, 0.2) is 0 Å². The van der Waals surface area contributed by atoms with E-state index in [4.69, 9.17) is 5.26 Å². The Kier molecular flexibility index (Phi) is 3.46. The summed E-state index contributed by atoms with van der Waals surface area (Å²) < 4.78 is 0. The molecule has 0 saturated carbocycles. The van der Waals surface area contributed by atoms with Gasteiger partial charge in [0.05, 0.1) is 0 Å². The molecule has 0 radical (unpaired) electrons. The minimum Gasteiger partial charge on any atom is -0.294 e. The molecule has 0 aromatic rings. The van der Waals surface area contributed by atoms with Crippen molar-refractivity contribution < 1.29 is 20.0 Å². The zero-order valence-electron chi connectivity index (χ0n) is 7.02. The average Bonchev–Trinajstić information content (AvgIpc) is 2.05. The first kappa shape index (κ1) is 9.44. The summed E-state index contributed by atoms with van der Waals surface area (Å²) in [5.41, 5.74) is 0. The van der Waals surface area contributed by atoms with Crippen molar-refractivity contribution in [2.75, 3.05) is 13.6 Å². The second kappa shape index (κ2) is 4.39.